The van der Waals surface area contributed by atoms with Gasteiger partial charge >= 0.3 is 0 Å². The third-order valence-corrected chi connectivity index (χ3v) is 3.62. The van der Waals surface area contributed by atoms with Crippen LogP contribution in [-0.4, -0.2) is 26.7 Å². The summed E-state index contributed by atoms with van der Waals surface area (Å²) in [6.07, 6.45) is 0. The van der Waals surface area contributed by atoms with E-state index >= 15 is 0 Å². The molecule has 8 heavy (non-hydrogen) atoms. The first-order chi connectivity index (χ1) is 3.42. The predicted octanol–water partition coefficient (Wildman–Crippen LogP) is 2.87. The second-order valence-electron chi connectivity index (χ2n) is 2.33. The fraction of sp³-hybridized carbons (Fsp3) is 1.00. The van der Waals surface area contributed by atoms with Crippen molar-refractivity contribution in [3.63, 3.8) is 0 Å². The van der Waals surface area contributed by atoms with E-state index in [9.17, 15) is 0 Å². The van der Waals surface area contributed by atoms with Crippen molar-refractivity contribution in [2.24, 2.45) is 4.52 Å². The largest absolute Gasteiger partial charge is 0.293 e. The summed E-state index contributed by atoms with van der Waals surface area (Å²) < 4.78 is 4.25. The number of nitrogens with zero attached hydrogens (tertiary/aromatic N) is 1. The van der Waals surface area contributed by atoms with E-state index in [2.05, 4.69) is 17.8 Å². The highest BCUT2D eigenvalue weighted by Crippen LogP contribution is 2.44. The van der Waals surface area contributed by atoms with Gasteiger partial charge in [-0.3, -0.25) is 5.16 Å². The van der Waals surface area contributed by atoms with Crippen LogP contribution in [0.1, 0.15) is 0 Å². The Morgan fingerprint density at radius 3 is 1.75 bits per heavy atom. The third kappa shape index (κ3) is 6.33. The molecule has 0 aromatic carbocycles. The number of nitrogens with one attached hydrogen (secondary N) is 1. The Morgan fingerprint density at radius 2 is 1.75 bits per heavy atom. The van der Waals surface area contributed by atoms with Gasteiger partial charge in [-0.25, -0.2) is 0 Å². The maximum absolute atomic E-state index is 7.42. The van der Waals surface area contributed by atoms with Crippen molar-refractivity contribution in [2.45, 2.75) is 0 Å². The standard InChI is InChI=1S/C4H13N2P2/c1-7(2)6-8(3,4)5/h5H,1-4H3/q+1. The van der Waals surface area contributed by atoms with Crippen molar-refractivity contribution in [1.82, 2.24) is 0 Å². The number of hydrogen-bond acceptors (Lipinski definition) is 1. The third-order valence-electron chi connectivity index (χ3n) is 0.402. The number of hydrogen-bond donors (Lipinski definition) is 1. The van der Waals surface area contributed by atoms with Crippen LogP contribution in [0.25, 0.3) is 0 Å². The van der Waals surface area contributed by atoms with E-state index in [1.54, 1.807) is 0 Å². The van der Waals surface area contributed by atoms with Gasteiger partial charge < -0.3 is 0 Å². The summed E-state index contributed by atoms with van der Waals surface area (Å²) in [4.78, 5) is 0. The molecule has 4 heteroatoms. The fourth-order valence-corrected chi connectivity index (χ4v) is 4.02. The van der Waals surface area contributed by atoms with Gasteiger partial charge in [0, 0.05) is 0 Å². The lowest BCUT2D eigenvalue weighted by Crippen LogP contribution is -1.61. The van der Waals surface area contributed by atoms with Crippen LogP contribution in [-0.2, 0) is 0 Å². The van der Waals surface area contributed by atoms with E-state index < -0.39 is 7.21 Å². The van der Waals surface area contributed by atoms with Gasteiger partial charge in [-0.1, -0.05) is 4.52 Å². The van der Waals surface area contributed by atoms with Gasteiger partial charge in [-0.15, -0.1) is 0 Å². The molecular formula is C4H13N2P2+. The molecule has 1 N–H and O–H groups in total. The van der Waals surface area contributed by atoms with E-state index in [1.807, 2.05) is 13.3 Å². The van der Waals surface area contributed by atoms with E-state index in [1.165, 1.54) is 0 Å². The fourth-order valence-electron chi connectivity index (χ4n) is 0.447. The summed E-state index contributed by atoms with van der Waals surface area (Å²) >= 11 is 0. The lowest BCUT2D eigenvalue weighted by molar-refractivity contribution is 1.55. The monoisotopic (exact) mass is 151 g/mol. The zero-order chi connectivity index (χ0) is 6.78. The van der Waals surface area contributed by atoms with Crippen LogP contribution in [0.4, 0.5) is 0 Å². The molecule has 0 aliphatic heterocycles. The van der Waals surface area contributed by atoms with Gasteiger partial charge in [-0.2, -0.15) is 0 Å². The Bertz CT molecular complexity index is 140. The Labute approximate surface area is 52.1 Å². The highest BCUT2D eigenvalue weighted by Gasteiger charge is 2.02. The van der Waals surface area contributed by atoms with Gasteiger partial charge in [0.2, 0.25) is 0 Å². The molecule has 0 aromatic rings. The smallest absolute Gasteiger partial charge is 0.199 e. The zero-order valence-corrected chi connectivity index (χ0v) is 7.63. The molecule has 0 saturated carbocycles. The molecular weight excluding hydrogens is 138 g/mol. The van der Waals surface area contributed by atoms with Crippen LogP contribution in [0.5, 0.6) is 0 Å². The maximum Gasteiger partial charge on any atom is 0.199 e. The predicted molar refractivity (Wildman–Crippen MR) is 42.7 cm³/mol. The first kappa shape index (κ1) is 8.33. The Morgan fingerprint density at radius 1 is 1.38 bits per heavy atom. The molecule has 48 valence electrons. The van der Waals surface area contributed by atoms with Crippen molar-refractivity contribution in [3.8, 4) is 0 Å². The molecule has 0 radical (unpaired) electrons. The molecule has 0 unspecified atom stereocenters. The zero-order valence-electron chi connectivity index (χ0n) is 5.84. The van der Waals surface area contributed by atoms with Gasteiger partial charge in [-0.05, 0) is 13.3 Å². The summed E-state index contributed by atoms with van der Waals surface area (Å²) in [5, 5.41) is 7.42. The molecule has 2 nitrogen and oxygen atoms in total. The summed E-state index contributed by atoms with van der Waals surface area (Å²) in [5.41, 5.74) is 0. The van der Waals surface area contributed by atoms with Crippen molar-refractivity contribution in [3.05, 3.63) is 0 Å². The molecule has 0 bridgehead atoms. The minimum Gasteiger partial charge on any atom is -0.293 e. The van der Waals surface area contributed by atoms with Crippen molar-refractivity contribution < 1.29 is 0 Å². The quantitative estimate of drug-likeness (QED) is 0.559. The van der Waals surface area contributed by atoms with Crippen molar-refractivity contribution >= 4 is 14.9 Å². The van der Waals surface area contributed by atoms with Crippen molar-refractivity contribution in [1.29, 1.82) is 5.16 Å². The highest BCUT2D eigenvalue weighted by molar-refractivity contribution is 7.68. The average molecular weight is 151 g/mol. The molecule has 0 fully saturated rings. The molecule has 0 atom stereocenters. The normalized spacial score (nSPS) is 11.0. The second-order valence-corrected chi connectivity index (χ2v) is 7.53. The molecule has 0 rings (SSSR count). The van der Waals surface area contributed by atoms with E-state index in [-0.39, 0.29) is 7.71 Å². The van der Waals surface area contributed by atoms with Crippen LogP contribution < -0.4 is 0 Å². The molecule has 0 amide bonds. The SMILES string of the molecule is C[P+](C)=NP(C)(C)=N. The summed E-state index contributed by atoms with van der Waals surface area (Å²) in [5.74, 6) is 0. The van der Waals surface area contributed by atoms with Crippen LogP contribution in [0.3, 0.4) is 0 Å². The lowest BCUT2D eigenvalue weighted by Gasteiger charge is -1.93. The highest BCUT2D eigenvalue weighted by atomic mass is 31.2. The average Bonchev–Trinajstić information content (AvgIpc) is 1.21. The molecule has 0 aromatic heterocycles. The topological polar surface area (TPSA) is 36.2 Å². The first-order valence-corrected chi connectivity index (χ1v) is 7.24. The lowest BCUT2D eigenvalue weighted by atomic mass is 11.9. The van der Waals surface area contributed by atoms with Crippen LogP contribution in [0.15, 0.2) is 4.52 Å². The molecule has 0 heterocycles. The molecule has 0 saturated heterocycles. The molecule has 0 spiro atoms. The second kappa shape index (κ2) is 2.75. The molecule has 0 aliphatic rings. The van der Waals surface area contributed by atoms with Gasteiger partial charge in [0.25, 0.3) is 0 Å². The summed E-state index contributed by atoms with van der Waals surface area (Å²) in [7, 11) is -1.77. The van der Waals surface area contributed by atoms with Crippen molar-refractivity contribution in [2.75, 3.05) is 26.7 Å². The minimum absolute atomic E-state index is 0.202. The first-order valence-electron chi connectivity index (χ1n) is 2.41. The van der Waals surface area contributed by atoms with Crippen LogP contribution in [0.2, 0.25) is 0 Å². The Kier molecular flexibility index (Phi) is 2.87. The van der Waals surface area contributed by atoms with Gasteiger partial charge in [0.05, 0.1) is 0 Å². The van der Waals surface area contributed by atoms with E-state index in [0.717, 1.165) is 0 Å². The summed E-state index contributed by atoms with van der Waals surface area (Å²) in [6.45, 7) is 7.97. The van der Waals surface area contributed by atoms with E-state index in [4.69, 9.17) is 5.16 Å². The Hall–Kier alpha value is 0.330. The molecule has 0 aliphatic carbocycles. The maximum atomic E-state index is 7.42. The Balaban J connectivity index is 4.11. The van der Waals surface area contributed by atoms with Gasteiger partial charge in [0.15, 0.2) is 7.71 Å². The van der Waals surface area contributed by atoms with E-state index in [0.29, 0.717) is 0 Å². The van der Waals surface area contributed by atoms with Crippen LogP contribution in [0, 0.1) is 5.16 Å². The summed E-state index contributed by atoms with van der Waals surface area (Å²) in [6, 6.07) is 0. The number of rotatable bonds is 1. The minimum atomic E-state index is -1.57. The van der Waals surface area contributed by atoms with Gasteiger partial charge in [0.1, 0.15) is 20.5 Å². The van der Waals surface area contributed by atoms with Crippen LogP contribution >= 0.6 is 14.9 Å².